The van der Waals surface area contributed by atoms with E-state index in [1.807, 2.05) is 35.5 Å². The number of amides is 2. The predicted molar refractivity (Wildman–Crippen MR) is 107 cm³/mol. The van der Waals surface area contributed by atoms with Crippen LogP contribution in [0.2, 0.25) is 0 Å². The standard InChI is InChI=1S/C21H26N4O3/c26-21(23-18-2-3-19-20(16-18)28-15-1-14-27-19)25-12-10-24(11-13-25)9-6-17-4-7-22-8-5-17/h2-5,7-8,16H,1,6,9-15H2,(H,23,26). The van der Waals surface area contributed by atoms with Crippen molar-refractivity contribution in [3.63, 3.8) is 0 Å². The summed E-state index contributed by atoms with van der Waals surface area (Å²) >= 11 is 0. The first-order chi connectivity index (χ1) is 13.8. The van der Waals surface area contributed by atoms with Gasteiger partial charge >= 0.3 is 6.03 Å². The van der Waals surface area contributed by atoms with Gasteiger partial charge < -0.3 is 19.7 Å². The highest BCUT2D eigenvalue weighted by atomic mass is 16.5. The summed E-state index contributed by atoms with van der Waals surface area (Å²) in [4.78, 5) is 20.9. The monoisotopic (exact) mass is 382 g/mol. The molecular weight excluding hydrogens is 356 g/mol. The lowest BCUT2D eigenvalue weighted by Crippen LogP contribution is -2.50. The number of urea groups is 1. The fourth-order valence-electron chi connectivity index (χ4n) is 3.45. The number of carbonyl (C=O) groups is 1. The maximum Gasteiger partial charge on any atom is 0.321 e. The van der Waals surface area contributed by atoms with Crippen molar-refractivity contribution in [2.45, 2.75) is 12.8 Å². The molecule has 7 heteroatoms. The van der Waals surface area contributed by atoms with Crippen LogP contribution in [0.5, 0.6) is 11.5 Å². The van der Waals surface area contributed by atoms with Crippen LogP contribution in [0.3, 0.4) is 0 Å². The largest absolute Gasteiger partial charge is 0.490 e. The van der Waals surface area contributed by atoms with Gasteiger partial charge in [0.2, 0.25) is 0 Å². The Hall–Kier alpha value is -2.80. The maximum absolute atomic E-state index is 12.6. The Kier molecular flexibility index (Phi) is 5.92. The van der Waals surface area contributed by atoms with Gasteiger partial charge in [-0.25, -0.2) is 4.79 Å². The minimum Gasteiger partial charge on any atom is -0.490 e. The quantitative estimate of drug-likeness (QED) is 0.881. The molecule has 1 N–H and O–H groups in total. The summed E-state index contributed by atoms with van der Waals surface area (Å²) in [6.45, 7) is 5.52. The van der Waals surface area contributed by atoms with Crippen molar-refractivity contribution in [3.8, 4) is 11.5 Å². The number of nitrogens with zero attached hydrogens (tertiary/aromatic N) is 3. The van der Waals surface area contributed by atoms with Crippen molar-refractivity contribution in [1.82, 2.24) is 14.8 Å². The van der Waals surface area contributed by atoms with E-state index >= 15 is 0 Å². The third-order valence-corrected chi connectivity index (χ3v) is 5.12. The molecule has 1 aromatic carbocycles. The summed E-state index contributed by atoms with van der Waals surface area (Å²) in [6.07, 6.45) is 5.53. The molecule has 0 spiro atoms. The summed E-state index contributed by atoms with van der Waals surface area (Å²) in [7, 11) is 0. The number of fused-ring (bicyclic) bond motifs is 1. The van der Waals surface area contributed by atoms with Crippen LogP contribution in [0, 0.1) is 0 Å². The summed E-state index contributed by atoms with van der Waals surface area (Å²) in [5, 5.41) is 2.98. The molecule has 148 valence electrons. The molecule has 1 aromatic heterocycles. The SMILES string of the molecule is O=C(Nc1ccc2c(c1)OCCCO2)N1CCN(CCc2ccncc2)CC1. The summed E-state index contributed by atoms with van der Waals surface area (Å²) in [5.74, 6) is 1.43. The van der Waals surface area contributed by atoms with E-state index in [9.17, 15) is 4.79 Å². The number of benzene rings is 1. The molecule has 0 saturated carbocycles. The van der Waals surface area contributed by atoms with Crippen molar-refractivity contribution in [2.75, 3.05) is 51.3 Å². The van der Waals surface area contributed by atoms with Gasteiger partial charge in [0.05, 0.1) is 13.2 Å². The summed E-state index contributed by atoms with van der Waals surface area (Å²) in [5.41, 5.74) is 2.03. The van der Waals surface area contributed by atoms with Crippen molar-refractivity contribution < 1.29 is 14.3 Å². The fraction of sp³-hybridized carbons (Fsp3) is 0.429. The summed E-state index contributed by atoms with van der Waals surface area (Å²) in [6, 6.07) is 9.59. The van der Waals surface area contributed by atoms with Gasteiger partial charge in [-0.15, -0.1) is 0 Å². The Balaban J connectivity index is 1.25. The van der Waals surface area contributed by atoms with Crippen molar-refractivity contribution in [1.29, 1.82) is 0 Å². The minimum atomic E-state index is -0.0664. The van der Waals surface area contributed by atoms with E-state index in [2.05, 4.69) is 27.3 Å². The number of hydrogen-bond donors (Lipinski definition) is 1. The Bertz CT molecular complexity index is 791. The number of aromatic nitrogens is 1. The van der Waals surface area contributed by atoms with Gasteiger partial charge in [-0.05, 0) is 36.2 Å². The Labute approximate surface area is 165 Å². The van der Waals surface area contributed by atoms with Crippen LogP contribution < -0.4 is 14.8 Å². The Morgan fingerprint density at radius 2 is 1.75 bits per heavy atom. The first-order valence-corrected chi connectivity index (χ1v) is 9.85. The van der Waals surface area contributed by atoms with Crippen LogP contribution in [0.4, 0.5) is 10.5 Å². The average molecular weight is 382 g/mol. The number of rotatable bonds is 4. The van der Waals surface area contributed by atoms with Gasteiger partial charge in [-0.2, -0.15) is 0 Å². The summed E-state index contributed by atoms with van der Waals surface area (Å²) < 4.78 is 11.3. The van der Waals surface area contributed by atoms with Crippen LogP contribution in [0.1, 0.15) is 12.0 Å². The van der Waals surface area contributed by atoms with Gasteiger partial charge in [0.25, 0.3) is 0 Å². The van der Waals surface area contributed by atoms with Crippen LogP contribution >= 0.6 is 0 Å². The molecule has 0 atom stereocenters. The molecule has 2 aliphatic rings. The lowest BCUT2D eigenvalue weighted by atomic mass is 10.2. The highest BCUT2D eigenvalue weighted by Crippen LogP contribution is 2.32. The van der Waals surface area contributed by atoms with Crippen LogP contribution in [0.15, 0.2) is 42.7 Å². The van der Waals surface area contributed by atoms with E-state index in [1.165, 1.54) is 5.56 Å². The molecule has 2 aliphatic heterocycles. The van der Waals surface area contributed by atoms with Gasteiger partial charge in [-0.1, -0.05) is 0 Å². The Morgan fingerprint density at radius 1 is 1.00 bits per heavy atom. The van der Waals surface area contributed by atoms with Gasteiger partial charge in [0.1, 0.15) is 0 Å². The zero-order chi connectivity index (χ0) is 19.2. The highest BCUT2D eigenvalue weighted by Gasteiger charge is 2.21. The first kappa shape index (κ1) is 18.6. The second kappa shape index (κ2) is 8.93. The highest BCUT2D eigenvalue weighted by molar-refractivity contribution is 5.89. The smallest absolute Gasteiger partial charge is 0.321 e. The molecule has 4 rings (SSSR count). The second-order valence-electron chi connectivity index (χ2n) is 7.08. The van der Waals surface area contributed by atoms with Crippen molar-refractivity contribution in [2.24, 2.45) is 0 Å². The molecule has 0 unspecified atom stereocenters. The number of ether oxygens (including phenoxy) is 2. The van der Waals surface area contributed by atoms with E-state index in [0.717, 1.165) is 57.0 Å². The predicted octanol–water partition coefficient (Wildman–Crippen LogP) is 2.64. The van der Waals surface area contributed by atoms with Gasteiger partial charge in [0, 0.05) is 63.3 Å². The zero-order valence-electron chi connectivity index (χ0n) is 16.0. The van der Waals surface area contributed by atoms with Crippen LogP contribution in [-0.4, -0.2) is 66.8 Å². The maximum atomic E-state index is 12.6. The van der Waals surface area contributed by atoms with E-state index in [1.54, 1.807) is 0 Å². The molecular formula is C21H26N4O3. The molecule has 1 fully saturated rings. The van der Waals surface area contributed by atoms with Gasteiger partial charge in [-0.3, -0.25) is 9.88 Å². The number of nitrogens with one attached hydrogen (secondary N) is 1. The fourth-order valence-corrected chi connectivity index (χ4v) is 3.45. The Morgan fingerprint density at radius 3 is 2.54 bits per heavy atom. The van der Waals surface area contributed by atoms with Crippen molar-refractivity contribution in [3.05, 3.63) is 48.3 Å². The van der Waals surface area contributed by atoms with E-state index < -0.39 is 0 Å². The third kappa shape index (κ3) is 4.72. The van der Waals surface area contributed by atoms with E-state index in [4.69, 9.17) is 9.47 Å². The van der Waals surface area contributed by atoms with E-state index in [0.29, 0.717) is 19.0 Å². The first-order valence-electron chi connectivity index (χ1n) is 9.85. The number of carbonyl (C=O) groups excluding carboxylic acids is 1. The molecule has 7 nitrogen and oxygen atoms in total. The number of anilines is 1. The molecule has 0 bridgehead atoms. The second-order valence-corrected chi connectivity index (χ2v) is 7.08. The topological polar surface area (TPSA) is 66.9 Å². The lowest BCUT2D eigenvalue weighted by Gasteiger charge is -2.34. The molecule has 0 radical (unpaired) electrons. The minimum absolute atomic E-state index is 0.0664. The number of hydrogen-bond acceptors (Lipinski definition) is 5. The molecule has 3 heterocycles. The molecule has 28 heavy (non-hydrogen) atoms. The number of piperazine rings is 1. The normalized spacial score (nSPS) is 17.1. The van der Waals surface area contributed by atoms with Crippen molar-refractivity contribution >= 4 is 11.7 Å². The van der Waals surface area contributed by atoms with Crippen LogP contribution in [0.25, 0.3) is 0 Å². The average Bonchev–Trinajstić information content (AvgIpc) is 2.98. The number of pyridine rings is 1. The van der Waals surface area contributed by atoms with E-state index in [-0.39, 0.29) is 6.03 Å². The molecule has 2 aromatic rings. The zero-order valence-corrected chi connectivity index (χ0v) is 16.0. The van der Waals surface area contributed by atoms with Crippen LogP contribution in [-0.2, 0) is 6.42 Å². The van der Waals surface area contributed by atoms with Gasteiger partial charge in [0.15, 0.2) is 11.5 Å². The molecule has 1 saturated heterocycles. The molecule has 2 amide bonds. The lowest BCUT2D eigenvalue weighted by molar-refractivity contribution is 0.148. The third-order valence-electron chi connectivity index (χ3n) is 5.12. The molecule has 0 aliphatic carbocycles.